The van der Waals surface area contributed by atoms with Crippen molar-refractivity contribution < 1.29 is 9.53 Å². The molecule has 7 heteroatoms. The summed E-state index contributed by atoms with van der Waals surface area (Å²) in [6.45, 7) is 0. The number of fused-ring (bicyclic) bond motifs is 4. The Kier molecular flexibility index (Phi) is 6.17. The number of ether oxygens (including phenoxy) is 1. The number of nitrogens with one attached hydrogen (secondary N) is 3. The van der Waals surface area contributed by atoms with E-state index in [4.69, 9.17) is 9.72 Å². The number of urea groups is 1. The normalized spacial score (nSPS) is 25.3. The van der Waals surface area contributed by atoms with E-state index in [0.717, 1.165) is 53.8 Å². The number of carbonyl (C=O) groups is 1. The molecule has 2 fully saturated rings. The van der Waals surface area contributed by atoms with Crippen molar-refractivity contribution in [3.05, 3.63) is 59.7 Å². The number of aromatic nitrogens is 1. The van der Waals surface area contributed by atoms with E-state index >= 15 is 0 Å². The van der Waals surface area contributed by atoms with Crippen molar-refractivity contribution in [2.24, 2.45) is 0 Å². The molecular formula is C29H35N5O2. The average molecular weight is 486 g/mol. The first-order chi connectivity index (χ1) is 17.6. The maximum Gasteiger partial charge on any atom is 0.319 e. The average Bonchev–Trinajstić information content (AvgIpc) is 3.27. The van der Waals surface area contributed by atoms with Crippen molar-refractivity contribution in [2.45, 2.75) is 69.1 Å². The summed E-state index contributed by atoms with van der Waals surface area (Å²) < 4.78 is 5.61. The van der Waals surface area contributed by atoms with Gasteiger partial charge in [-0.2, -0.15) is 0 Å². The smallest absolute Gasteiger partial charge is 0.319 e. The largest absolute Gasteiger partial charge is 0.496 e. The van der Waals surface area contributed by atoms with E-state index in [2.05, 4.69) is 46.1 Å². The van der Waals surface area contributed by atoms with Gasteiger partial charge in [0.05, 0.1) is 18.7 Å². The van der Waals surface area contributed by atoms with Crippen LogP contribution in [-0.4, -0.2) is 48.2 Å². The lowest BCUT2D eigenvalue weighted by Crippen LogP contribution is -2.55. The second-order valence-corrected chi connectivity index (χ2v) is 10.5. The summed E-state index contributed by atoms with van der Waals surface area (Å²) in [6, 6.07) is 17.7. The summed E-state index contributed by atoms with van der Waals surface area (Å²) in [6.07, 6.45) is 7.91. The molecule has 188 valence electrons. The zero-order chi connectivity index (χ0) is 24.6. The highest BCUT2D eigenvalue weighted by Gasteiger charge is 2.36. The monoisotopic (exact) mass is 485 g/mol. The fourth-order valence-corrected chi connectivity index (χ4v) is 6.52. The molecule has 2 aromatic carbocycles. The van der Waals surface area contributed by atoms with Crippen LogP contribution in [0.25, 0.3) is 10.9 Å². The number of carbonyl (C=O) groups excluding carboxylic acids is 1. The molecule has 0 radical (unpaired) electrons. The maximum absolute atomic E-state index is 12.7. The number of anilines is 2. The first-order valence-electron chi connectivity index (χ1n) is 13.2. The molecule has 0 saturated carbocycles. The van der Waals surface area contributed by atoms with Gasteiger partial charge in [0.1, 0.15) is 11.6 Å². The number of pyridine rings is 1. The van der Waals surface area contributed by atoms with Crippen LogP contribution in [0.15, 0.2) is 48.5 Å². The standard InChI is InChI=1S/C29H35N5O2/c1-34-22-6-4-7-23(34)17-21(16-22)31-29(35)30-20-11-13-24-19(15-20)10-14-27(32-24)33-25-12-9-18-5-3-8-26(36-2)28(18)25/h3,5,8,10-11,13-15,21-23,25H,4,6-7,9,12,16-17H2,1-2H3,(H,32,33)(H2,30,31,35). The van der Waals surface area contributed by atoms with Crippen LogP contribution in [0.5, 0.6) is 5.75 Å². The highest BCUT2D eigenvalue weighted by Crippen LogP contribution is 2.39. The molecule has 2 aliphatic heterocycles. The van der Waals surface area contributed by atoms with Crippen LogP contribution in [0.3, 0.4) is 0 Å². The van der Waals surface area contributed by atoms with Gasteiger partial charge in [-0.1, -0.05) is 18.6 Å². The molecular weight excluding hydrogens is 450 g/mol. The maximum atomic E-state index is 12.7. The number of hydrogen-bond acceptors (Lipinski definition) is 5. The molecule has 36 heavy (non-hydrogen) atoms. The Labute approximate surface area is 212 Å². The zero-order valence-corrected chi connectivity index (χ0v) is 21.1. The van der Waals surface area contributed by atoms with Crippen molar-refractivity contribution in [1.82, 2.24) is 15.2 Å². The molecule has 3 heterocycles. The molecule has 0 spiro atoms. The lowest BCUT2D eigenvalue weighted by atomic mass is 9.82. The molecule has 1 aromatic heterocycles. The molecule has 2 bridgehead atoms. The number of benzene rings is 2. The Hall–Kier alpha value is -3.32. The molecule has 2 saturated heterocycles. The van der Waals surface area contributed by atoms with Crippen LogP contribution in [0, 0.1) is 0 Å². The highest BCUT2D eigenvalue weighted by molar-refractivity contribution is 5.93. The lowest BCUT2D eigenvalue weighted by Gasteiger charge is -2.47. The quantitative estimate of drug-likeness (QED) is 0.446. The summed E-state index contributed by atoms with van der Waals surface area (Å²) in [4.78, 5) is 20.1. The first kappa shape index (κ1) is 23.1. The minimum atomic E-state index is -0.123. The van der Waals surface area contributed by atoms with Gasteiger partial charge in [0.25, 0.3) is 0 Å². The third kappa shape index (κ3) is 4.48. The van der Waals surface area contributed by atoms with Crippen LogP contribution in [-0.2, 0) is 6.42 Å². The number of hydrogen-bond donors (Lipinski definition) is 3. The van der Waals surface area contributed by atoms with E-state index in [9.17, 15) is 4.79 Å². The predicted octanol–water partition coefficient (Wildman–Crippen LogP) is 5.48. The fourth-order valence-electron chi connectivity index (χ4n) is 6.52. The number of rotatable bonds is 5. The van der Waals surface area contributed by atoms with E-state index in [1.54, 1.807) is 7.11 Å². The van der Waals surface area contributed by atoms with Crippen LogP contribution in [0.4, 0.5) is 16.3 Å². The summed E-state index contributed by atoms with van der Waals surface area (Å²) in [7, 11) is 3.96. The molecule has 2 amide bonds. The molecule has 7 nitrogen and oxygen atoms in total. The van der Waals surface area contributed by atoms with Gasteiger partial charge in [0.15, 0.2) is 0 Å². The van der Waals surface area contributed by atoms with Gasteiger partial charge in [-0.05, 0) is 87.5 Å². The Bertz CT molecular complexity index is 1260. The van der Waals surface area contributed by atoms with Crippen molar-refractivity contribution in [1.29, 1.82) is 0 Å². The third-order valence-corrected chi connectivity index (χ3v) is 8.37. The van der Waals surface area contributed by atoms with Crippen LogP contribution < -0.4 is 20.7 Å². The SMILES string of the molecule is COc1cccc2c1C(Nc1ccc3cc(NC(=O)NC4CC5CCCC(C4)N5C)ccc3n1)CC2. The van der Waals surface area contributed by atoms with E-state index < -0.39 is 0 Å². The molecule has 6 rings (SSSR count). The molecule has 3 unspecified atom stereocenters. The second kappa shape index (κ2) is 9.62. The number of piperidine rings is 2. The van der Waals surface area contributed by atoms with E-state index in [1.807, 2.05) is 30.3 Å². The fraction of sp³-hybridized carbons (Fsp3) is 0.448. The lowest BCUT2D eigenvalue weighted by molar-refractivity contribution is 0.0513. The van der Waals surface area contributed by atoms with E-state index in [1.165, 1.54) is 30.4 Å². The number of nitrogens with zero attached hydrogens (tertiary/aromatic N) is 2. The molecule has 3 N–H and O–H groups in total. The number of amides is 2. The minimum Gasteiger partial charge on any atom is -0.496 e. The number of aryl methyl sites for hydroxylation is 1. The van der Waals surface area contributed by atoms with Crippen LogP contribution in [0.2, 0.25) is 0 Å². The molecule has 1 aliphatic carbocycles. The van der Waals surface area contributed by atoms with Crippen molar-refractivity contribution >= 4 is 28.4 Å². The second-order valence-electron chi connectivity index (χ2n) is 10.5. The zero-order valence-electron chi connectivity index (χ0n) is 21.1. The predicted molar refractivity (Wildman–Crippen MR) is 144 cm³/mol. The molecule has 3 atom stereocenters. The van der Waals surface area contributed by atoms with Gasteiger partial charge in [0.2, 0.25) is 0 Å². The van der Waals surface area contributed by atoms with Crippen molar-refractivity contribution in [3.8, 4) is 5.75 Å². The van der Waals surface area contributed by atoms with Gasteiger partial charge in [-0.25, -0.2) is 9.78 Å². The van der Waals surface area contributed by atoms with Gasteiger partial charge >= 0.3 is 6.03 Å². The van der Waals surface area contributed by atoms with Crippen molar-refractivity contribution in [2.75, 3.05) is 24.8 Å². The molecule has 3 aromatic rings. The minimum absolute atomic E-state index is 0.123. The highest BCUT2D eigenvalue weighted by atomic mass is 16.5. The van der Waals surface area contributed by atoms with Gasteiger partial charge in [-0.15, -0.1) is 0 Å². The van der Waals surface area contributed by atoms with Gasteiger partial charge in [0, 0.05) is 34.8 Å². The van der Waals surface area contributed by atoms with Gasteiger partial charge in [-0.3, -0.25) is 0 Å². The summed E-state index contributed by atoms with van der Waals surface area (Å²) in [5, 5.41) is 10.9. The topological polar surface area (TPSA) is 78.5 Å². The third-order valence-electron chi connectivity index (χ3n) is 8.37. The van der Waals surface area contributed by atoms with Crippen molar-refractivity contribution in [3.63, 3.8) is 0 Å². The summed E-state index contributed by atoms with van der Waals surface area (Å²) in [5.74, 6) is 1.78. The number of methoxy groups -OCH3 is 1. The van der Waals surface area contributed by atoms with Crippen LogP contribution in [0.1, 0.15) is 55.7 Å². The van der Waals surface area contributed by atoms with Gasteiger partial charge < -0.3 is 25.6 Å². The molecule has 3 aliphatic rings. The first-order valence-corrected chi connectivity index (χ1v) is 13.2. The summed E-state index contributed by atoms with van der Waals surface area (Å²) in [5.41, 5.74) is 4.25. The summed E-state index contributed by atoms with van der Waals surface area (Å²) >= 11 is 0. The Morgan fingerprint density at radius 1 is 1.06 bits per heavy atom. The van der Waals surface area contributed by atoms with E-state index in [-0.39, 0.29) is 18.1 Å². The van der Waals surface area contributed by atoms with Crippen LogP contribution >= 0.6 is 0 Å². The Morgan fingerprint density at radius 3 is 2.69 bits per heavy atom. The Balaban J connectivity index is 1.11. The van der Waals surface area contributed by atoms with E-state index in [0.29, 0.717) is 12.1 Å². The Morgan fingerprint density at radius 2 is 1.89 bits per heavy atom.